The fourth-order valence-corrected chi connectivity index (χ4v) is 4.50. The number of nitrogens with one attached hydrogen (secondary N) is 2. The SMILES string of the molecule is COc1ccc(S(=O)(=O)Nc2ccc(-c3csc(Nc4cccnc4)n3)cc2)cc1. The van der Waals surface area contributed by atoms with Crippen LogP contribution < -0.4 is 14.8 Å². The molecule has 2 aromatic carbocycles. The molecule has 152 valence electrons. The summed E-state index contributed by atoms with van der Waals surface area (Å²) in [7, 11) is -2.15. The molecule has 0 aliphatic heterocycles. The van der Waals surface area contributed by atoms with E-state index in [1.54, 1.807) is 36.7 Å². The Hall–Kier alpha value is -3.43. The standard InChI is InChI=1S/C21H18N4O3S2/c1-28-18-8-10-19(11-9-18)30(26,27)25-16-6-4-15(5-7-16)20-14-29-21(24-20)23-17-3-2-12-22-13-17/h2-14,25H,1H3,(H,23,24). The summed E-state index contributed by atoms with van der Waals surface area (Å²) in [6.45, 7) is 0. The Balaban J connectivity index is 1.46. The van der Waals surface area contributed by atoms with E-state index in [1.165, 1.54) is 30.6 Å². The quantitative estimate of drug-likeness (QED) is 0.432. The highest BCUT2D eigenvalue weighted by atomic mass is 32.2. The number of hydrogen-bond acceptors (Lipinski definition) is 7. The van der Waals surface area contributed by atoms with Gasteiger partial charge >= 0.3 is 0 Å². The molecule has 0 radical (unpaired) electrons. The van der Waals surface area contributed by atoms with Gasteiger partial charge in [0.2, 0.25) is 0 Å². The summed E-state index contributed by atoms with van der Waals surface area (Å²) in [6, 6.07) is 17.1. The van der Waals surface area contributed by atoms with Crippen molar-refractivity contribution in [2.45, 2.75) is 4.90 Å². The molecule has 0 saturated carbocycles. The molecule has 4 aromatic rings. The number of aromatic nitrogens is 2. The third kappa shape index (κ3) is 4.58. The summed E-state index contributed by atoms with van der Waals surface area (Å²) in [6.07, 6.45) is 3.44. The van der Waals surface area contributed by atoms with Gasteiger partial charge in [-0.25, -0.2) is 13.4 Å². The van der Waals surface area contributed by atoms with Gasteiger partial charge < -0.3 is 10.1 Å². The number of nitrogens with zero attached hydrogens (tertiary/aromatic N) is 2. The van der Waals surface area contributed by atoms with Crippen LogP contribution in [0.1, 0.15) is 0 Å². The normalized spacial score (nSPS) is 11.1. The Morgan fingerprint density at radius 3 is 2.40 bits per heavy atom. The summed E-state index contributed by atoms with van der Waals surface area (Å²) in [5.41, 5.74) is 3.02. The third-order valence-electron chi connectivity index (χ3n) is 4.22. The molecule has 2 N–H and O–H groups in total. The second-order valence-electron chi connectivity index (χ2n) is 6.26. The van der Waals surface area contributed by atoms with Gasteiger partial charge in [0.15, 0.2) is 5.13 Å². The zero-order chi connectivity index (χ0) is 21.0. The smallest absolute Gasteiger partial charge is 0.261 e. The van der Waals surface area contributed by atoms with Crippen molar-refractivity contribution in [1.29, 1.82) is 0 Å². The van der Waals surface area contributed by atoms with Crippen LogP contribution in [-0.2, 0) is 10.0 Å². The number of rotatable bonds is 7. The molecule has 30 heavy (non-hydrogen) atoms. The van der Waals surface area contributed by atoms with Crippen molar-refractivity contribution in [3.63, 3.8) is 0 Å². The third-order valence-corrected chi connectivity index (χ3v) is 6.37. The topological polar surface area (TPSA) is 93.2 Å². The lowest BCUT2D eigenvalue weighted by Crippen LogP contribution is -2.12. The lowest BCUT2D eigenvalue weighted by Gasteiger charge is -2.09. The molecule has 0 amide bonds. The van der Waals surface area contributed by atoms with Crippen molar-refractivity contribution in [3.05, 3.63) is 78.4 Å². The van der Waals surface area contributed by atoms with Gasteiger partial charge in [-0.15, -0.1) is 11.3 Å². The van der Waals surface area contributed by atoms with Crippen molar-refractivity contribution in [2.24, 2.45) is 0 Å². The fourth-order valence-electron chi connectivity index (χ4n) is 2.70. The molecule has 9 heteroatoms. The highest BCUT2D eigenvalue weighted by Gasteiger charge is 2.14. The van der Waals surface area contributed by atoms with E-state index in [4.69, 9.17) is 4.74 Å². The van der Waals surface area contributed by atoms with Crippen LogP contribution in [0.3, 0.4) is 0 Å². The number of thiazole rings is 1. The Labute approximate surface area is 178 Å². The number of hydrogen-bond donors (Lipinski definition) is 2. The van der Waals surface area contributed by atoms with Crippen LogP contribution in [0.25, 0.3) is 11.3 Å². The van der Waals surface area contributed by atoms with Crippen LogP contribution in [0.4, 0.5) is 16.5 Å². The molecule has 0 saturated heterocycles. The highest BCUT2D eigenvalue weighted by Crippen LogP contribution is 2.28. The lowest BCUT2D eigenvalue weighted by atomic mass is 10.1. The van der Waals surface area contributed by atoms with Crippen LogP contribution in [-0.4, -0.2) is 25.5 Å². The van der Waals surface area contributed by atoms with E-state index in [2.05, 4.69) is 20.0 Å². The molecular formula is C21H18N4O3S2. The zero-order valence-electron chi connectivity index (χ0n) is 15.9. The minimum Gasteiger partial charge on any atom is -0.497 e. The molecule has 0 atom stereocenters. The average Bonchev–Trinajstić information content (AvgIpc) is 3.23. The first kappa shape index (κ1) is 19.9. The number of pyridine rings is 1. The van der Waals surface area contributed by atoms with Crippen LogP contribution in [0, 0.1) is 0 Å². The van der Waals surface area contributed by atoms with Crippen molar-refractivity contribution < 1.29 is 13.2 Å². The van der Waals surface area contributed by atoms with Gasteiger partial charge in [0.1, 0.15) is 5.75 Å². The largest absolute Gasteiger partial charge is 0.497 e. The number of anilines is 3. The van der Waals surface area contributed by atoms with Crippen LogP contribution in [0.2, 0.25) is 0 Å². The monoisotopic (exact) mass is 438 g/mol. The molecule has 0 aliphatic rings. The Kier molecular flexibility index (Phi) is 5.64. The summed E-state index contributed by atoms with van der Waals surface area (Å²) >= 11 is 1.48. The number of benzene rings is 2. The lowest BCUT2D eigenvalue weighted by molar-refractivity contribution is 0.414. The van der Waals surface area contributed by atoms with Gasteiger partial charge in [0.05, 0.1) is 29.6 Å². The summed E-state index contributed by atoms with van der Waals surface area (Å²) < 4.78 is 32.8. The summed E-state index contributed by atoms with van der Waals surface area (Å²) in [5.74, 6) is 0.596. The van der Waals surface area contributed by atoms with E-state index in [0.717, 1.165) is 22.1 Å². The number of ether oxygens (including phenoxy) is 1. The molecular weight excluding hydrogens is 420 g/mol. The van der Waals surface area contributed by atoms with Gasteiger partial charge in [-0.05, 0) is 48.5 Å². The first-order valence-electron chi connectivity index (χ1n) is 8.93. The molecule has 7 nitrogen and oxygen atoms in total. The van der Waals surface area contributed by atoms with Gasteiger partial charge in [-0.2, -0.15) is 0 Å². The molecule has 0 aliphatic carbocycles. The van der Waals surface area contributed by atoms with Gasteiger partial charge in [-0.1, -0.05) is 12.1 Å². The minimum atomic E-state index is -3.68. The second-order valence-corrected chi connectivity index (χ2v) is 8.80. The predicted octanol–water partition coefficient (Wildman–Crippen LogP) is 4.76. The van der Waals surface area contributed by atoms with Crippen molar-refractivity contribution in [3.8, 4) is 17.0 Å². The molecule has 0 bridgehead atoms. The van der Waals surface area contributed by atoms with Crippen LogP contribution >= 0.6 is 11.3 Å². The Bertz CT molecular complexity index is 1220. The van der Waals surface area contributed by atoms with E-state index in [0.29, 0.717) is 11.4 Å². The zero-order valence-corrected chi connectivity index (χ0v) is 17.6. The molecule has 0 fully saturated rings. The average molecular weight is 439 g/mol. The Morgan fingerprint density at radius 1 is 0.967 bits per heavy atom. The van der Waals surface area contributed by atoms with E-state index >= 15 is 0 Å². The van der Waals surface area contributed by atoms with Gasteiger partial charge in [0, 0.05) is 22.8 Å². The van der Waals surface area contributed by atoms with Crippen molar-refractivity contribution >= 4 is 37.9 Å². The minimum absolute atomic E-state index is 0.165. The first-order valence-corrected chi connectivity index (χ1v) is 11.3. The molecule has 0 spiro atoms. The predicted molar refractivity (Wildman–Crippen MR) is 119 cm³/mol. The van der Waals surface area contributed by atoms with Crippen molar-refractivity contribution in [2.75, 3.05) is 17.1 Å². The summed E-state index contributed by atoms with van der Waals surface area (Å²) in [4.78, 5) is 8.81. The maximum absolute atomic E-state index is 12.6. The van der Waals surface area contributed by atoms with E-state index in [-0.39, 0.29) is 4.90 Å². The number of sulfonamides is 1. The molecule has 2 aromatic heterocycles. The maximum atomic E-state index is 12.6. The van der Waals surface area contributed by atoms with Crippen molar-refractivity contribution in [1.82, 2.24) is 9.97 Å². The molecule has 2 heterocycles. The first-order chi connectivity index (χ1) is 14.5. The van der Waals surface area contributed by atoms with Gasteiger partial charge in [0.25, 0.3) is 10.0 Å². The van der Waals surface area contributed by atoms with Crippen LogP contribution in [0.5, 0.6) is 5.75 Å². The van der Waals surface area contributed by atoms with E-state index < -0.39 is 10.0 Å². The molecule has 4 rings (SSSR count). The van der Waals surface area contributed by atoms with Crippen LogP contribution in [0.15, 0.2) is 83.3 Å². The van der Waals surface area contributed by atoms with E-state index in [1.807, 2.05) is 29.6 Å². The fraction of sp³-hybridized carbons (Fsp3) is 0.0476. The van der Waals surface area contributed by atoms with Gasteiger partial charge in [-0.3, -0.25) is 9.71 Å². The highest BCUT2D eigenvalue weighted by molar-refractivity contribution is 7.92. The summed E-state index contributed by atoms with van der Waals surface area (Å²) in [5, 5.41) is 5.90. The second kappa shape index (κ2) is 8.52. The molecule has 0 unspecified atom stereocenters. The van der Waals surface area contributed by atoms with E-state index in [9.17, 15) is 8.42 Å². The Morgan fingerprint density at radius 2 is 1.73 bits per heavy atom. The number of methoxy groups -OCH3 is 1. The maximum Gasteiger partial charge on any atom is 0.261 e.